The number of amides is 2. The summed E-state index contributed by atoms with van der Waals surface area (Å²) < 4.78 is 71.0. The molecule has 4 aromatic rings. The lowest BCUT2D eigenvalue weighted by atomic mass is 10.0. The summed E-state index contributed by atoms with van der Waals surface area (Å²) in [5.74, 6) is -1.37. The van der Waals surface area contributed by atoms with Crippen molar-refractivity contribution in [2.75, 3.05) is 17.4 Å². The van der Waals surface area contributed by atoms with Gasteiger partial charge in [0.15, 0.2) is 0 Å². The Bertz CT molecular complexity index is 1910. The topological polar surface area (TPSA) is 86.8 Å². The molecule has 14 heteroatoms. The van der Waals surface area contributed by atoms with Crippen molar-refractivity contribution >= 4 is 62.3 Å². The maximum Gasteiger partial charge on any atom is 0.417 e. The van der Waals surface area contributed by atoms with Gasteiger partial charge in [0.25, 0.3) is 10.0 Å². The van der Waals surface area contributed by atoms with Crippen molar-refractivity contribution in [1.29, 1.82) is 0 Å². The molecule has 0 radical (unpaired) electrons. The molecule has 0 aliphatic rings. The minimum atomic E-state index is -4.93. The van der Waals surface area contributed by atoms with Crippen LogP contribution in [-0.2, 0) is 38.8 Å². The first-order valence-corrected chi connectivity index (χ1v) is 18.2. The van der Waals surface area contributed by atoms with Crippen LogP contribution in [0.25, 0.3) is 0 Å². The Morgan fingerprint density at radius 3 is 2.18 bits per heavy atom. The van der Waals surface area contributed by atoms with E-state index in [9.17, 15) is 31.2 Å². The zero-order chi connectivity index (χ0) is 36.6. The van der Waals surface area contributed by atoms with Gasteiger partial charge in [0.1, 0.15) is 12.6 Å². The Morgan fingerprint density at radius 1 is 0.880 bits per heavy atom. The summed E-state index contributed by atoms with van der Waals surface area (Å²) in [6, 6.07) is 20.6. The third kappa shape index (κ3) is 9.93. The molecule has 50 heavy (non-hydrogen) atoms. The predicted octanol–water partition coefficient (Wildman–Crippen LogP) is 8.73. The van der Waals surface area contributed by atoms with Crippen molar-refractivity contribution in [3.8, 4) is 0 Å². The summed E-state index contributed by atoms with van der Waals surface area (Å²) in [4.78, 5) is 29.4. The Morgan fingerprint density at radius 2 is 1.56 bits per heavy atom. The molecular formula is C36H35Cl3F3N3O4S. The third-order valence-corrected chi connectivity index (χ3v) is 10.6. The number of rotatable bonds is 14. The fraction of sp³-hybridized carbons (Fsp3) is 0.278. The molecule has 0 unspecified atom stereocenters. The van der Waals surface area contributed by atoms with Crippen molar-refractivity contribution in [3.05, 3.63) is 128 Å². The van der Waals surface area contributed by atoms with Gasteiger partial charge in [-0.05, 0) is 66.9 Å². The lowest BCUT2D eigenvalue weighted by Crippen LogP contribution is -2.53. The first-order valence-electron chi connectivity index (χ1n) is 15.6. The average molecular weight is 769 g/mol. The standard InChI is InChI=1S/C36H35Cl3F3N3O4S/c1-3-4-18-43-35(47)33(19-25-8-6-5-7-9-25)44(22-26-12-13-27(37)20-32(26)39)34(46)23-45(50(48,49)29-15-10-24(2)11-16-29)28-14-17-31(38)30(21-28)36(40,41)42/h5-17,20-21,33H,3-4,18-19,22-23H2,1-2H3,(H,43,47)/t33-/m1/s1. The number of anilines is 1. The van der Waals surface area contributed by atoms with Gasteiger partial charge in [0, 0.05) is 29.6 Å². The second kappa shape index (κ2) is 17.0. The molecule has 0 bridgehead atoms. The van der Waals surface area contributed by atoms with E-state index in [1.54, 1.807) is 49.4 Å². The normalized spacial score (nSPS) is 12.3. The van der Waals surface area contributed by atoms with Crippen molar-refractivity contribution in [3.63, 3.8) is 0 Å². The zero-order valence-corrected chi connectivity index (χ0v) is 30.3. The fourth-order valence-electron chi connectivity index (χ4n) is 5.15. The Hall–Kier alpha value is -3.77. The average Bonchev–Trinajstić information content (AvgIpc) is 3.06. The number of carbonyl (C=O) groups excluding carboxylic acids is 2. The van der Waals surface area contributed by atoms with Gasteiger partial charge in [-0.15, -0.1) is 0 Å². The molecule has 266 valence electrons. The smallest absolute Gasteiger partial charge is 0.354 e. The second-order valence-corrected chi connectivity index (χ2v) is 14.7. The molecular weight excluding hydrogens is 734 g/mol. The number of carbonyl (C=O) groups is 2. The van der Waals surface area contributed by atoms with Crippen LogP contribution >= 0.6 is 34.8 Å². The first-order chi connectivity index (χ1) is 23.6. The number of nitrogens with one attached hydrogen (secondary N) is 1. The van der Waals surface area contributed by atoms with Crippen LogP contribution in [0, 0.1) is 6.92 Å². The van der Waals surface area contributed by atoms with Crippen LogP contribution in [0.5, 0.6) is 0 Å². The molecule has 0 saturated heterocycles. The van der Waals surface area contributed by atoms with Crippen LogP contribution < -0.4 is 9.62 Å². The van der Waals surface area contributed by atoms with Gasteiger partial charge in [-0.3, -0.25) is 13.9 Å². The lowest BCUT2D eigenvalue weighted by Gasteiger charge is -2.34. The molecule has 0 fully saturated rings. The molecule has 1 atom stereocenters. The molecule has 0 aromatic heterocycles. The number of nitrogens with zero attached hydrogens (tertiary/aromatic N) is 2. The van der Waals surface area contributed by atoms with E-state index < -0.39 is 56.9 Å². The van der Waals surface area contributed by atoms with E-state index in [0.717, 1.165) is 24.1 Å². The molecule has 0 spiro atoms. The first kappa shape index (κ1) is 39.0. The number of hydrogen-bond acceptors (Lipinski definition) is 4. The predicted molar refractivity (Wildman–Crippen MR) is 191 cm³/mol. The minimum Gasteiger partial charge on any atom is -0.354 e. The molecule has 0 saturated carbocycles. The number of unbranched alkanes of at least 4 members (excludes halogenated alkanes) is 1. The van der Waals surface area contributed by atoms with Crippen LogP contribution in [0.15, 0.2) is 95.9 Å². The molecule has 0 aliphatic heterocycles. The summed E-state index contributed by atoms with van der Waals surface area (Å²) in [5, 5.41) is 2.74. The van der Waals surface area contributed by atoms with Crippen LogP contribution in [0.3, 0.4) is 0 Å². The Balaban J connectivity index is 1.87. The Labute approximate surface area is 305 Å². The van der Waals surface area contributed by atoms with Crippen LogP contribution in [-0.4, -0.2) is 44.3 Å². The highest BCUT2D eigenvalue weighted by Gasteiger charge is 2.38. The van der Waals surface area contributed by atoms with Crippen LogP contribution in [0.2, 0.25) is 15.1 Å². The number of alkyl halides is 3. The van der Waals surface area contributed by atoms with E-state index in [2.05, 4.69) is 5.32 Å². The molecule has 0 aliphatic carbocycles. The Kier molecular flexibility index (Phi) is 13.2. The van der Waals surface area contributed by atoms with Crippen LogP contribution in [0.1, 0.15) is 42.0 Å². The molecule has 4 aromatic carbocycles. The molecule has 0 heterocycles. The van der Waals surface area contributed by atoms with E-state index in [1.165, 1.54) is 35.2 Å². The highest BCUT2D eigenvalue weighted by molar-refractivity contribution is 7.92. The fourth-order valence-corrected chi connectivity index (χ4v) is 7.24. The maximum absolute atomic E-state index is 14.6. The highest BCUT2D eigenvalue weighted by atomic mass is 35.5. The maximum atomic E-state index is 14.6. The molecule has 7 nitrogen and oxygen atoms in total. The van der Waals surface area contributed by atoms with Crippen molar-refractivity contribution in [2.24, 2.45) is 0 Å². The van der Waals surface area contributed by atoms with Gasteiger partial charge in [0.2, 0.25) is 11.8 Å². The second-order valence-electron chi connectivity index (χ2n) is 11.6. The SMILES string of the molecule is CCCCNC(=O)[C@@H](Cc1ccccc1)N(Cc1ccc(Cl)cc1Cl)C(=O)CN(c1ccc(Cl)c(C(F)(F)F)c1)S(=O)(=O)c1ccc(C)cc1. The summed E-state index contributed by atoms with van der Waals surface area (Å²) >= 11 is 18.5. The van der Waals surface area contributed by atoms with E-state index in [4.69, 9.17) is 34.8 Å². The van der Waals surface area contributed by atoms with Gasteiger partial charge in [0.05, 0.1) is 21.2 Å². The molecule has 2 amide bonds. The van der Waals surface area contributed by atoms with E-state index >= 15 is 0 Å². The van der Waals surface area contributed by atoms with Gasteiger partial charge in [-0.2, -0.15) is 13.2 Å². The number of halogens is 6. The van der Waals surface area contributed by atoms with Gasteiger partial charge < -0.3 is 10.2 Å². The monoisotopic (exact) mass is 767 g/mol. The molecule has 1 N–H and O–H groups in total. The number of benzene rings is 4. The number of sulfonamides is 1. The minimum absolute atomic E-state index is 0.0413. The molecule has 4 rings (SSSR count). The summed E-state index contributed by atoms with van der Waals surface area (Å²) in [7, 11) is -4.65. The van der Waals surface area contributed by atoms with E-state index in [1.807, 2.05) is 6.92 Å². The van der Waals surface area contributed by atoms with Crippen molar-refractivity contribution in [1.82, 2.24) is 10.2 Å². The van der Waals surface area contributed by atoms with E-state index in [-0.39, 0.29) is 22.9 Å². The van der Waals surface area contributed by atoms with E-state index in [0.29, 0.717) is 39.5 Å². The zero-order valence-electron chi connectivity index (χ0n) is 27.2. The third-order valence-electron chi connectivity index (χ3n) is 7.89. The van der Waals surface area contributed by atoms with Crippen molar-refractivity contribution < 1.29 is 31.2 Å². The summed E-state index contributed by atoms with van der Waals surface area (Å²) in [6.07, 6.45) is -3.42. The van der Waals surface area contributed by atoms with Gasteiger partial charge >= 0.3 is 6.18 Å². The summed E-state index contributed by atoms with van der Waals surface area (Å²) in [6.45, 7) is 2.80. The van der Waals surface area contributed by atoms with Gasteiger partial charge in [-0.1, -0.05) is 102 Å². The lowest BCUT2D eigenvalue weighted by molar-refractivity contribution is -0.140. The summed E-state index contributed by atoms with van der Waals surface area (Å²) in [5.41, 5.74) is 0.117. The highest BCUT2D eigenvalue weighted by Crippen LogP contribution is 2.38. The van der Waals surface area contributed by atoms with Gasteiger partial charge in [-0.25, -0.2) is 8.42 Å². The number of aryl methyl sites for hydroxylation is 1. The number of hydrogen-bond donors (Lipinski definition) is 1. The largest absolute Gasteiger partial charge is 0.417 e. The quantitative estimate of drug-likeness (QED) is 0.130. The van der Waals surface area contributed by atoms with Crippen molar-refractivity contribution in [2.45, 2.75) is 56.8 Å². The van der Waals surface area contributed by atoms with Crippen LogP contribution in [0.4, 0.5) is 18.9 Å².